The second-order valence-electron chi connectivity index (χ2n) is 6.84. The molecule has 3 nitrogen and oxygen atoms in total. The average molecular weight is 324 g/mol. The standard InChI is InChI=1S/C21H28N2O/c1-17-11-12-23(14-17)15-21(22-2)19-9-6-10-20(13-19)24-16-18-7-4-3-5-8-18/h3-10,13,17,21-22H,11-12,14-16H2,1-2H3/t17-,21+/m0/s1. The van der Waals surface area contributed by atoms with Gasteiger partial charge in [0.25, 0.3) is 0 Å². The molecule has 1 heterocycles. The van der Waals surface area contributed by atoms with E-state index in [1.165, 1.54) is 30.6 Å². The lowest BCUT2D eigenvalue weighted by atomic mass is 10.1. The van der Waals surface area contributed by atoms with E-state index < -0.39 is 0 Å². The molecule has 3 heteroatoms. The fraction of sp³-hybridized carbons (Fsp3) is 0.429. The van der Waals surface area contributed by atoms with E-state index in [0.29, 0.717) is 12.6 Å². The maximum absolute atomic E-state index is 5.97. The Bertz CT molecular complexity index is 629. The summed E-state index contributed by atoms with van der Waals surface area (Å²) in [6.45, 7) is 6.43. The van der Waals surface area contributed by atoms with Crippen molar-refractivity contribution in [2.75, 3.05) is 26.7 Å². The first kappa shape index (κ1) is 17.0. The van der Waals surface area contributed by atoms with Crippen LogP contribution in [0.2, 0.25) is 0 Å². The van der Waals surface area contributed by atoms with E-state index in [1.54, 1.807) is 0 Å². The van der Waals surface area contributed by atoms with Crippen LogP contribution in [0.25, 0.3) is 0 Å². The lowest BCUT2D eigenvalue weighted by molar-refractivity contribution is 0.288. The van der Waals surface area contributed by atoms with Crippen molar-refractivity contribution < 1.29 is 4.74 Å². The largest absolute Gasteiger partial charge is 0.489 e. The van der Waals surface area contributed by atoms with Crippen LogP contribution in [-0.2, 0) is 6.61 Å². The van der Waals surface area contributed by atoms with Gasteiger partial charge in [0.2, 0.25) is 0 Å². The second kappa shape index (κ2) is 8.32. The molecule has 1 aliphatic rings. The van der Waals surface area contributed by atoms with Crippen molar-refractivity contribution in [1.29, 1.82) is 0 Å². The molecule has 1 N–H and O–H groups in total. The van der Waals surface area contributed by atoms with Gasteiger partial charge in [0.05, 0.1) is 0 Å². The van der Waals surface area contributed by atoms with Crippen LogP contribution in [0, 0.1) is 5.92 Å². The Morgan fingerprint density at radius 1 is 1.17 bits per heavy atom. The summed E-state index contributed by atoms with van der Waals surface area (Å²) >= 11 is 0. The minimum absolute atomic E-state index is 0.343. The smallest absolute Gasteiger partial charge is 0.120 e. The van der Waals surface area contributed by atoms with E-state index in [2.05, 4.69) is 47.5 Å². The van der Waals surface area contributed by atoms with E-state index in [1.807, 2.05) is 31.3 Å². The van der Waals surface area contributed by atoms with Crippen molar-refractivity contribution in [1.82, 2.24) is 10.2 Å². The number of nitrogens with zero attached hydrogens (tertiary/aromatic N) is 1. The molecule has 2 aromatic carbocycles. The maximum Gasteiger partial charge on any atom is 0.120 e. The molecule has 1 aliphatic heterocycles. The van der Waals surface area contributed by atoms with Crippen LogP contribution in [0.5, 0.6) is 5.75 Å². The number of ether oxygens (including phenoxy) is 1. The maximum atomic E-state index is 5.97. The zero-order valence-electron chi connectivity index (χ0n) is 14.7. The molecule has 0 unspecified atom stereocenters. The molecule has 0 spiro atoms. The highest BCUT2D eigenvalue weighted by molar-refractivity contribution is 5.31. The van der Waals surface area contributed by atoms with Crippen LogP contribution in [0.3, 0.4) is 0 Å². The summed E-state index contributed by atoms with van der Waals surface area (Å²) in [6, 6.07) is 19.1. The zero-order chi connectivity index (χ0) is 16.8. The minimum atomic E-state index is 0.343. The third kappa shape index (κ3) is 4.59. The molecule has 128 valence electrons. The molecule has 0 radical (unpaired) electrons. The van der Waals surface area contributed by atoms with Crippen molar-refractivity contribution in [2.24, 2.45) is 5.92 Å². The number of hydrogen-bond donors (Lipinski definition) is 1. The van der Waals surface area contributed by atoms with Crippen molar-refractivity contribution in [2.45, 2.75) is 26.0 Å². The average Bonchev–Trinajstić information content (AvgIpc) is 3.04. The highest BCUT2D eigenvalue weighted by Crippen LogP contribution is 2.23. The number of nitrogens with one attached hydrogen (secondary N) is 1. The molecule has 0 bridgehead atoms. The topological polar surface area (TPSA) is 24.5 Å². The molecule has 24 heavy (non-hydrogen) atoms. The summed E-state index contributed by atoms with van der Waals surface area (Å²) < 4.78 is 5.97. The van der Waals surface area contributed by atoms with Crippen LogP contribution in [0.15, 0.2) is 54.6 Å². The summed E-state index contributed by atoms with van der Waals surface area (Å²) in [5, 5.41) is 3.46. The first-order valence-corrected chi connectivity index (χ1v) is 8.91. The second-order valence-corrected chi connectivity index (χ2v) is 6.84. The summed E-state index contributed by atoms with van der Waals surface area (Å²) in [5.41, 5.74) is 2.49. The fourth-order valence-corrected chi connectivity index (χ4v) is 3.38. The predicted octanol–water partition coefficient (Wildman–Crippen LogP) is 3.87. The molecular formula is C21H28N2O. The van der Waals surface area contributed by atoms with Crippen molar-refractivity contribution in [3.63, 3.8) is 0 Å². The van der Waals surface area contributed by atoms with Crippen LogP contribution in [0.1, 0.15) is 30.5 Å². The molecule has 2 aromatic rings. The Morgan fingerprint density at radius 3 is 2.71 bits per heavy atom. The van der Waals surface area contributed by atoms with Gasteiger partial charge in [-0.2, -0.15) is 0 Å². The Labute approximate surface area is 145 Å². The van der Waals surface area contributed by atoms with E-state index in [4.69, 9.17) is 4.74 Å². The number of benzene rings is 2. The van der Waals surface area contributed by atoms with Gasteiger partial charge in [-0.05, 0) is 49.2 Å². The lowest BCUT2D eigenvalue weighted by Crippen LogP contribution is -2.32. The number of rotatable bonds is 7. The minimum Gasteiger partial charge on any atom is -0.489 e. The van der Waals surface area contributed by atoms with Crippen LogP contribution in [0.4, 0.5) is 0 Å². The first-order valence-electron chi connectivity index (χ1n) is 8.91. The summed E-state index contributed by atoms with van der Waals surface area (Å²) in [5.74, 6) is 1.76. The molecule has 1 saturated heterocycles. The van der Waals surface area contributed by atoms with Crippen molar-refractivity contribution in [3.05, 3.63) is 65.7 Å². The normalized spacial score (nSPS) is 19.3. The summed E-state index contributed by atoms with van der Waals surface area (Å²) in [4.78, 5) is 2.56. The van der Waals surface area contributed by atoms with Gasteiger partial charge in [-0.3, -0.25) is 0 Å². The molecular weight excluding hydrogens is 296 g/mol. The SMILES string of the molecule is CN[C@H](CN1CC[C@H](C)C1)c1cccc(OCc2ccccc2)c1. The van der Waals surface area contributed by atoms with E-state index in [-0.39, 0.29) is 0 Å². The molecule has 0 aliphatic carbocycles. The molecule has 1 fully saturated rings. The van der Waals surface area contributed by atoms with E-state index in [0.717, 1.165) is 18.2 Å². The zero-order valence-corrected chi connectivity index (χ0v) is 14.7. The monoisotopic (exact) mass is 324 g/mol. The Morgan fingerprint density at radius 2 is 2.00 bits per heavy atom. The van der Waals surface area contributed by atoms with E-state index in [9.17, 15) is 0 Å². The quantitative estimate of drug-likeness (QED) is 0.837. The molecule has 0 saturated carbocycles. The van der Waals surface area contributed by atoms with Gasteiger partial charge in [0.1, 0.15) is 12.4 Å². The summed E-state index contributed by atoms with van der Waals surface area (Å²) in [6.07, 6.45) is 1.32. The van der Waals surface area contributed by atoms with Gasteiger partial charge in [-0.1, -0.05) is 49.4 Å². The summed E-state index contributed by atoms with van der Waals surface area (Å²) in [7, 11) is 2.04. The highest BCUT2D eigenvalue weighted by atomic mass is 16.5. The Kier molecular flexibility index (Phi) is 5.89. The number of likely N-dealkylation sites (tertiary alicyclic amines) is 1. The fourth-order valence-electron chi connectivity index (χ4n) is 3.38. The van der Waals surface area contributed by atoms with Gasteiger partial charge in [0, 0.05) is 19.1 Å². The van der Waals surface area contributed by atoms with Gasteiger partial charge in [0.15, 0.2) is 0 Å². The number of hydrogen-bond acceptors (Lipinski definition) is 3. The first-order chi connectivity index (χ1) is 11.7. The Balaban J connectivity index is 1.62. The van der Waals surface area contributed by atoms with Gasteiger partial charge in [-0.15, -0.1) is 0 Å². The van der Waals surface area contributed by atoms with Gasteiger partial charge < -0.3 is 15.0 Å². The molecule has 3 rings (SSSR count). The van der Waals surface area contributed by atoms with E-state index >= 15 is 0 Å². The van der Waals surface area contributed by atoms with Crippen LogP contribution < -0.4 is 10.1 Å². The Hall–Kier alpha value is -1.84. The van der Waals surface area contributed by atoms with Crippen LogP contribution >= 0.6 is 0 Å². The number of likely N-dealkylation sites (N-methyl/N-ethyl adjacent to an activating group) is 1. The highest BCUT2D eigenvalue weighted by Gasteiger charge is 2.22. The third-order valence-corrected chi connectivity index (χ3v) is 4.81. The van der Waals surface area contributed by atoms with Crippen molar-refractivity contribution in [3.8, 4) is 5.75 Å². The van der Waals surface area contributed by atoms with Crippen molar-refractivity contribution >= 4 is 0 Å². The predicted molar refractivity (Wildman–Crippen MR) is 99.2 cm³/mol. The van der Waals surface area contributed by atoms with Gasteiger partial charge >= 0.3 is 0 Å². The van der Waals surface area contributed by atoms with Gasteiger partial charge in [-0.25, -0.2) is 0 Å². The molecule has 0 amide bonds. The van der Waals surface area contributed by atoms with Crippen LogP contribution in [-0.4, -0.2) is 31.6 Å². The third-order valence-electron chi connectivity index (χ3n) is 4.81. The molecule has 0 aromatic heterocycles. The lowest BCUT2D eigenvalue weighted by Gasteiger charge is -2.24. The molecule has 2 atom stereocenters.